The lowest BCUT2D eigenvalue weighted by Crippen LogP contribution is -2.48. The quantitative estimate of drug-likeness (QED) is 0.127. The van der Waals surface area contributed by atoms with Crippen molar-refractivity contribution < 1.29 is 29.1 Å². The van der Waals surface area contributed by atoms with Gasteiger partial charge in [0.2, 0.25) is 11.8 Å². The Kier molecular flexibility index (Phi) is 11.7. The molecule has 60 heavy (non-hydrogen) atoms. The summed E-state index contributed by atoms with van der Waals surface area (Å²) in [5.74, 6) is -0.660. The molecule has 19 heteroatoms. The minimum absolute atomic E-state index is 0.0167. The Morgan fingerprint density at radius 3 is 2.58 bits per heavy atom. The summed E-state index contributed by atoms with van der Waals surface area (Å²) in [6, 6.07) is 9.23. The number of amides is 2. The van der Waals surface area contributed by atoms with Gasteiger partial charge in [0.1, 0.15) is 30.0 Å². The van der Waals surface area contributed by atoms with Gasteiger partial charge in [0, 0.05) is 44.2 Å². The number of likely N-dealkylation sites (tertiary alicyclic amines) is 2. The topological polar surface area (TPSA) is 237 Å². The van der Waals surface area contributed by atoms with Crippen LogP contribution >= 0.6 is 11.3 Å². The van der Waals surface area contributed by atoms with E-state index < -0.39 is 24.1 Å². The third kappa shape index (κ3) is 8.37. The minimum Gasteiger partial charge on any atom is -0.507 e. The lowest BCUT2D eigenvalue weighted by Gasteiger charge is -2.32. The molecule has 8 rings (SSSR count). The average molecular weight is 837 g/mol. The van der Waals surface area contributed by atoms with Gasteiger partial charge in [-0.3, -0.25) is 29.1 Å². The number of hydrogen-bond acceptors (Lipinski definition) is 16. The molecule has 0 radical (unpaired) electrons. The average Bonchev–Trinajstić information content (AvgIpc) is 4.05. The molecule has 0 aliphatic carbocycles. The van der Waals surface area contributed by atoms with Crippen molar-refractivity contribution in [2.75, 3.05) is 38.5 Å². The Balaban J connectivity index is 0.849. The molecular formula is C41H48N12O6S. The predicted molar refractivity (Wildman–Crippen MR) is 222 cm³/mol. The van der Waals surface area contributed by atoms with E-state index in [1.165, 1.54) is 16.2 Å². The van der Waals surface area contributed by atoms with Gasteiger partial charge in [-0.1, -0.05) is 26.0 Å². The van der Waals surface area contributed by atoms with Gasteiger partial charge in [-0.25, -0.2) is 4.98 Å². The van der Waals surface area contributed by atoms with Crippen LogP contribution in [0.3, 0.4) is 0 Å². The molecule has 5 N–H and O–H groups in total. The Morgan fingerprint density at radius 1 is 1.07 bits per heavy atom. The summed E-state index contributed by atoms with van der Waals surface area (Å²) < 4.78 is 13.6. The first-order chi connectivity index (χ1) is 28.9. The zero-order chi connectivity index (χ0) is 42.1. The van der Waals surface area contributed by atoms with Crippen LogP contribution in [0.1, 0.15) is 75.2 Å². The fourth-order valence-corrected chi connectivity index (χ4v) is 8.81. The number of para-hydroxylation sites is 1. The number of rotatable bonds is 13. The molecule has 6 aromatic rings. The van der Waals surface area contributed by atoms with Crippen LogP contribution in [0.25, 0.3) is 32.9 Å². The van der Waals surface area contributed by atoms with E-state index in [0.29, 0.717) is 52.9 Å². The second-order valence-electron chi connectivity index (χ2n) is 15.7. The molecule has 0 spiro atoms. The van der Waals surface area contributed by atoms with Crippen molar-refractivity contribution >= 4 is 40.0 Å². The minimum atomic E-state index is -0.884. The van der Waals surface area contributed by atoms with Crippen molar-refractivity contribution in [2.24, 2.45) is 5.92 Å². The number of aliphatic hydroxyl groups excluding tert-OH is 1. The van der Waals surface area contributed by atoms with Gasteiger partial charge in [0.15, 0.2) is 17.1 Å². The van der Waals surface area contributed by atoms with Crippen molar-refractivity contribution in [1.29, 1.82) is 0 Å². The van der Waals surface area contributed by atoms with Crippen molar-refractivity contribution in [1.82, 2.24) is 55.2 Å². The number of nitrogens with two attached hydrogens (primary N) is 1. The molecule has 2 aliphatic rings. The number of anilines is 1. The first kappa shape index (κ1) is 40.7. The maximum atomic E-state index is 14.2. The summed E-state index contributed by atoms with van der Waals surface area (Å²) in [5.41, 5.74) is 12.6. The van der Waals surface area contributed by atoms with Crippen molar-refractivity contribution in [3.8, 4) is 33.5 Å². The number of aromatic nitrogens is 8. The molecule has 2 fully saturated rings. The number of carbonyl (C=O) groups excluding carboxylic acids is 2. The predicted octanol–water partition coefficient (Wildman–Crippen LogP) is 4.29. The molecule has 5 aromatic heterocycles. The summed E-state index contributed by atoms with van der Waals surface area (Å²) in [6.45, 7) is 10.1. The molecule has 18 nitrogen and oxygen atoms in total. The molecule has 2 amide bonds. The number of nitrogens with one attached hydrogen (secondary N) is 1. The number of β-amino-alcohol motifs (C(OH)–C–C–N with tert-alkyl or cyclic N) is 1. The number of aliphatic hydroxyl groups is 1. The molecule has 1 unspecified atom stereocenters. The number of piperidine rings is 1. The van der Waals surface area contributed by atoms with E-state index in [4.69, 9.17) is 15.0 Å². The number of hydrogen-bond donors (Lipinski definition) is 4. The summed E-state index contributed by atoms with van der Waals surface area (Å²) >= 11 is 1.48. The summed E-state index contributed by atoms with van der Waals surface area (Å²) in [7, 11) is 0. The smallest absolute Gasteiger partial charge is 0.254 e. The Bertz CT molecular complexity index is 2460. The third-order valence-electron chi connectivity index (χ3n) is 11.3. The van der Waals surface area contributed by atoms with Crippen molar-refractivity contribution in [2.45, 2.75) is 77.1 Å². The lowest BCUT2D eigenvalue weighted by molar-refractivity contribution is -0.141. The van der Waals surface area contributed by atoms with Gasteiger partial charge in [-0.2, -0.15) is 5.10 Å². The summed E-state index contributed by atoms with van der Waals surface area (Å²) in [5, 5.41) is 41.3. The fraction of sp³-hybridized carbons (Fsp3) is 0.439. The molecule has 0 saturated carbocycles. The highest BCUT2D eigenvalue weighted by atomic mass is 32.1. The molecule has 2 saturated heterocycles. The van der Waals surface area contributed by atoms with Crippen LogP contribution in [0.2, 0.25) is 0 Å². The molecule has 4 atom stereocenters. The van der Waals surface area contributed by atoms with Crippen LogP contribution in [0.15, 0.2) is 58.8 Å². The number of nitrogens with zero attached hydrogens (tertiary/aromatic N) is 10. The molecule has 2 aliphatic heterocycles. The largest absolute Gasteiger partial charge is 0.507 e. The first-order valence-corrected chi connectivity index (χ1v) is 21.0. The van der Waals surface area contributed by atoms with Crippen LogP contribution in [-0.4, -0.2) is 117 Å². The molecule has 1 aromatic carbocycles. The van der Waals surface area contributed by atoms with Gasteiger partial charge < -0.3 is 35.4 Å². The number of ether oxygens (including phenoxy) is 1. The summed E-state index contributed by atoms with van der Waals surface area (Å²) in [6.07, 6.45) is 4.19. The number of phenols is 1. The fourth-order valence-electron chi connectivity index (χ4n) is 8.04. The van der Waals surface area contributed by atoms with E-state index in [9.17, 15) is 19.8 Å². The lowest BCUT2D eigenvalue weighted by atomic mass is 9.91. The van der Waals surface area contributed by atoms with E-state index >= 15 is 0 Å². The molecular weight excluding hydrogens is 789 g/mol. The highest BCUT2D eigenvalue weighted by Crippen LogP contribution is 2.35. The zero-order valence-electron chi connectivity index (χ0n) is 33.8. The number of fused-ring (bicyclic) bond motifs is 1. The van der Waals surface area contributed by atoms with Crippen molar-refractivity contribution in [3.05, 3.63) is 71.5 Å². The van der Waals surface area contributed by atoms with Crippen LogP contribution in [0.4, 0.5) is 5.82 Å². The standard InChI is InChI=1S/C41H48N12O6S/c1-22(2)36(41(57)52-20-26(54)15-32(52)40(56)46-23(3)29-18-44-30(19-43-29)38-24(4)45-21-60-38)34-17-35(50-59-34)58-14-13-51-11-9-25(10-12-51)53-31-16-28(27-7-5-6-8-33(27)55)47-48-37(31)39(42)49-53/h5-8,16-19,21-23,25-26,32,36,54-55H,9-15,20H2,1-4H3,(H2,42,49)(H,46,56)/t23-,26-,32+,36?/m1/s1. The second-order valence-corrected chi connectivity index (χ2v) is 16.6. The Labute approximate surface area is 349 Å². The second kappa shape index (κ2) is 17.3. The number of carbonyl (C=O) groups is 2. The SMILES string of the molecule is Cc1ncsc1-c1cnc([C@@H](C)NC(=O)[C@@H]2C[C@@H](O)CN2C(=O)C(c2cc(OCCN3CCC(n4nc(N)c5nnc(-c6ccccc6O)cc54)CC3)no2)C(C)C)cn1. The van der Waals surface area contributed by atoms with Gasteiger partial charge in [0.05, 0.1) is 63.6 Å². The first-order valence-electron chi connectivity index (χ1n) is 20.1. The van der Waals surface area contributed by atoms with E-state index in [0.717, 1.165) is 42.0 Å². The van der Waals surface area contributed by atoms with E-state index in [-0.39, 0.29) is 48.4 Å². The van der Waals surface area contributed by atoms with Crippen LogP contribution < -0.4 is 15.8 Å². The summed E-state index contributed by atoms with van der Waals surface area (Å²) in [4.78, 5) is 45.8. The van der Waals surface area contributed by atoms with Gasteiger partial charge in [-0.05, 0) is 56.0 Å². The van der Waals surface area contributed by atoms with Gasteiger partial charge in [0.25, 0.3) is 5.88 Å². The van der Waals surface area contributed by atoms with Crippen LogP contribution in [-0.2, 0) is 9.59 Å². The van der Waals surface area contributed by atoms with Gasteiger partial charge >= 0.3 is 0 Å². The Morgan fingerprint density at radius 2 is 1.87 bits per heavy atom. The van der Waals surface area contributed by atoms with E-state index in [2.05, 4.69) is 45.6 Å². The number of benzene rings is 1. The monoisotopic (exact) mass is 836 g/mol. The van der Waals surface area contributed by atoms with Crippen LogP contribution in [0, 0.1) is 12.8 Å². The third-order valence-corrected chi connectivity index (χ3v) is 12.2. The maximum absolute atomic E-state index is 14.2. The highest BCUT2D eigenvalue weighted by Gasteiger charge is 2.43. The number of phenolic OH excluding ortho intramolecular Hbond substituents is 1. The highest BCUT2D eigenvalue weighted by molar-refractivity contribution is 7.13. The number of aromatic hydroxyl groups is 1. The van der Waals surface area contributed by atoms with Gasteiger partial charge in [-0.15, -0.1) is 21.5 Å². The Hall–Kier alpha value is -6.05. The number of aryl methyl sites for hydroxylation is 1. The van der Waals surface area contributed by atoms with E-state index in [1.54, 1.807) is 49.1 Å². The molecule has 314 valence electrons. The number of nitrogen functional groups attached to an aromatic ring is 1. The molecule has 7 heterocycles. The van der Waals surface area contributed by atoms with E-state index in [1.807, 2.05) is 37.6 Å². The number of thiazole rings is 1. The van der Waals surface area contributed by atoms with Crippen molar-refractivity contribution in [3.63, 3.8) is 0 Å². The maximum Gasteiger partial charge on any atom is 0.254 e. The zero-order valence-corrected chi connectivity index (χ0v) is 34.6. The van der Waals surface area contributed by atoms with Crippen LogP contribution in [0.5, 0.6) is 11.6 Å². The normalized spacial score (nSPS) is 18.6. The molecule has 0 bridgehead atoms.